The molecule has 2 aromatic rings. The van der Waals surface area contributed by atoms with Crippen LogP contribution in [0.15, 0.2) is 60.7 Å². The van der Waals surface area contributed by atoms with Crippen molar-refractivity contribution in [3.8, 4) is 0 Å². The fourth-order valence-corrected chi connectivity index (χ4v) is 2.24. The first-order chi connectivity index (χ1) is 11.6. The predicted octanol–water partition coefficient (Wildman–Crippen LogP) is 3.37. The summed E-state index contributed by atoms with van der Waals surface area (Å²) in [4.78, 5) is 24.8. The molecule has 126 valence electrons. The Hall–Kier alpha value is -2.62. The summed E-state index contributed by atoms with van der Waals surface area (Å²) in [6.45, 7) is 3.79. The van der Waals surface area contributed by atoms with Gasteiger partial charge in [0.2, 0.25) is 0 Å². The van der Waals surface area contributed by atoms with E-state index in [0.717, 1.165) is 12.0 Å². The average molecular weight is 325 g/mol. The second-order valence-corrected chi connectivity index (χ2v) is 5.74. The molecule has 0 spiro atoms. The third-order valence-electron chi connectivity index (χ3n) is 3.80. The minimum atomic E-state index is -0.714. The molecule has 0 aliphatic rings. The molecule has 0 saturated carbocycles. The van der Waals surface area contributed by atoms with Crippen molar-refractivity contribution in [1.29, 1.82) is 0 Å². The minimum absolute atomic E-state index is 0.176. The van der Waals surface area contributed by atoms with Crippen LogP contribution in [0.1, 0.15) is 36.2 Å². The molecule has 0 aliphatic heterocycles. The molecular weight excluding hydrogens is 302 g/mol. The highest BCUT2D eigenvalue weighted by molar-refractivity contribution is 5.96. The van der Waals surface area contributed by atoms with Gasteiger partial charge in [-0.2, -0.15) is 0 Å². The minimum Gasteiger partial charge on any atom is -0.461 e. The summed E-state index contributed by atoms with van der Waals surface area (Å²) in [7, 11) is 0. The van der Waals surface area contributed by atoms with E-state index in [1.54, 1.807) is 24.3 Å². The molecule has 2 atom stereocenters. The molecule has 1 unspecified atom stereocenters. The number of ether oxygens (including phenoxy) is 1. The Kier molecular flexibility index (Phi) is 6.55. The predicted molar refractivity (Wildman–Crippen MR) is 93.7 cm³/mol. The first-order valence-corrected chi connectivity index (χ1v) is 8.20. The molecule has 1 N–H and O–H groups in total. The van der Waals surface area contributed by atoms with Gasteiger partial charge in [-0.15, -0.1) is 0 Å². The van der Waals surface area contributed by atoms with E-state index in [4.69, 9.17) is 4.74 Å². The molecule has 4 nitrogen and oxygen atoms in total. The zero-order chi connectivity index (χ0) is 17.4. The van der Waals surface area contributed by atoms with Crippen LogP contribution in [0.3, 0.4) is 0 Å². The Labute approximate surface area is 142 Å². The molecule has 0 heterocycles. The van der Waals surface area contributed by atoms with Gasteiger partial charge in [0.25, 0.3) is 5.91 Å². The molecule has 0 fully saturated rings. The van der Waals surface area contributed by atoms with Gasteiger partial charge in [0.05, 0.1) is 6.10 Å². The molecule has 4 heteroatoms. The standard InChI is InChI=1S/C20H23NO3/c1-3-15(2)24-20(23)18(14-16-10-6-4-7-11-16)21-19(22)17-12-8-5-9-13-17/h4-13,15,18H,3,14H2,1-2H3,(H,21,22)/t15?,18-/m0/s1. The van der Waals surface area contributed by atoms with Gasteiger partial charge in [-0.25, -0.2) is 4.79 Å². The number of hydrogen-bond donors (Lipinski definition) is 1. The number of rotatable bonds is 7. The highest BCUT2D eigenvalue weighted by Crippen LogP contribution is 2.08. The van der Waals surface area contributed by atoms with Gasteiger partial charge in [-0.05, 0) is 31.0 Å². The third-order valence-corrected chi connectivity index (χ3v) is 3.80. The van der Waals surface area contributed by atoms with Crippen molar-refractivity contribution in [2.75, 3.05) is 0 Å². The quantitative estimate of drug-likeness (QED) is 0.794. The summed E-state index contributed by atoms with van der Waals surface area (Å²) in [5.74, 6) is -0.685. The van der Waals surface area contributed by atoms with Gasteiger partial charge in [-0.3, -0.25) is 4.79 Å². The summed E-state index contributed by atoms with van der Waals surface area (Å²) in [5.41, 5.74) is 1.49. The number of hydrogen-bond acceptors (Lipinski definition) is 3. The third kappa shape index (κ3) is 5.23. The van der Waals surface area contributed by atoms with Crippen LogP contribution in [-0.2, 0) is 16.0 Å². The smallest absolute Gasteiger partial charge is 0.329 e. The molecule has 0 bridgehead atoms. The largest absolute Gasteiger partial charge is 0.461 e. The fourth-order valence-electron chi connectivity index (χ4n) is 2.24. The zero-order valence-corrected chi connectivity index (χ0v) is 14.1. The van der Waals surface area contributed by atoms with Gasteiger partial charge in [0.1, 0.15) is 6.04 Å². The van der Waals surface area contributed by atoms with Gasteiger partial charge in [-0.1, -0.05) is 55.5 Å². The van der Waals surface area contributed by atoms with Crippen molar-refractivity contribution in [3.63, 3.8) is 0 Å². The van der Waals surface area contributed by atoms with Crippen molar-refractivity contribution in [2.45, 2.75) is 38.8 Å². The van der Waals surface area contributed by atoms with Crippen LogP contribution in [0, 0.1) is 0 Å². The Morgan fingerprint density at radius 1 is 1.00 bits per heavy atom. The van der Waals surface area contributed by atoms with Crippen LogP contribution in [-0.4, -0.2) is 24.0 Å². The lowest BCUT2D eigenvalue weighted by Crippen LogP contribution is -2.44. The van der Waals surface area contributed by atoms with E-state index in [9.17, 15) is 9.59 Å². The molecule has 2 rings (SSSR count). The van der Waals surface area contributed by atoms with Crippen LogP contribution < -0.4 is 5.32 Å². The van der Waals surface area contributed by atoms with E-state index in [-0.39, 0.29) is 12.0 Å². The number of carbonyl (C=O) groups excluding carboxylic acids is 2. The summed E-state index contributed by atoms with van der Waals surface area (Å²) in [5, 5.41) is 2.80. The molecule has 1 amide bonds. The molecule has 0 radical (unpaired) electrons. The monoisotopic (exact) mass is 325 g/mol. The number of carbonyl (C=O) groups is 2. The van der Waals surface area contributed by atoms with Crippen LogP contribution in [0.2, 0.25) is 0 Å². The van der Waals surface area contributed by atoms with Gasteiger partial charge < -0.3 is 10.1 Å². The lowest BCUT2D eigenvalue weighted by atomic mass is 10.1. The number of benzene rings is 2. The number of amides is 1. The van der Waals surface area contributed by atoms with Crippen LogP contribution in [0.25, 0.3) is 0 Å². The van der Waals surface area contributed by atoms with Gasteiger partial charge >= 0.3 is 5.97 Å². The Balaban J connectivity index is 2.12. The maximum Gasteiger partial charge on any atom is 0.329 e. The zero-order valence-electron chi connectivity index (χ0n) is 14.1. The normalized spacial score (nSPS) is 12.9. The van der Waals surface area contributed by atoms with Crippen molar-refractivity contribution >= 4 is 11.9 Å². The van der Waals surface area contributed by atoms with Gasteiger partial charge in [0.15, 0.2) is 0 Å². The van der Waals surface area contributed by atoms with Gasteiger partial charge in [0, 0.05) is 12.0 Å². The number of nitrogens with one attached hydrogen (secondary N) is 1. The second-order valence-electron chi connectivity index (χ2n) is 5.74. The Bertz CT molecular complexity index is 655. The van der Waals surface area contributed by atoms with Crippen molar-refractivity contribution in [2.24, 2.45) is 0 Å². The molecule has 24 heavy (non-hydrogen) atoms. The van der Waals surface area contributed by atoms with E-state index < -0.39 is 12.0 Å². The van der Waals surface area contributed by atoms with Crippen molar-refractivity contribution in [1.82, 2.24) is 5.32 Å². The summed E-state index contributed by atoms with van der Waals surface area (Å²) in [6, 6.07) is 17.7. The molecule has 2 aromatic carbocycles. The van der Waals surface area contributed by atoms with E-state index in [2.05, 4.69) is 5.32 Å². The topological polar surface area (TPSA) is 55.4 Å². The number of esters is 1. The maximum absolute atomic E-state index is 12.4. The highest BCUT2D eigenvalue weighted by Gasteiger charge is 2.24. The Morgan fingerprint density at radius 3 is 2.17 bits per heavy atom. The second kappa shape index (κ2) is 8.87. The molecule has 0 saturated heterocycles. The maximum atomic E-state index is 12.4. The Morgan fingerprint density at radius 2 is 1.58 bits per heavy atom. The SMILES string of the molecule is CCC(C)OC(=O)[C@H](Cc1ccccc1)NC(=O)c1ccccc1. The summed E-state index contributed by atoms with van der Waals surface area (Å²) in [6.07, 6.45) is 0.954. The van der Waals surface area contributed by atoms with Crippen molar-refractivity contribution in [3.05, 3.63) is 71.8 Å². The lowest BCUT2D eigenvalue weighted by molar-refractivity contribution is -0.150. The first kappa shape index (κ1) is 17.7. The van der Waals surface area contributed by atoms with E-state index >= 15 is 0 Å². The lowest BCUT2D eigenvalue weighted by Gasteiger charge is -2.20. The molecule has 0 aliphatic carbocycles. The summed E-state index contributed by atoms with van der Waals surface area (Å²) >= 11 is 0. The highest BCUT2D eigenvalue weighted by atomic mass is 16.5. The van der Waals surface area contributed by atoms with Crippen LogP contribution in [0.5, 0.6) is 0 Å². The average Bonchev–Trinajstić information content (AvgIpc) is 2.62. The molecule has 0 aromatic heterocycles. The van der Waals surface area contributed by atoms with Crippen LogP contribution in [0.4, 0.5) is 0 Å². The van der Waals surface area contributed by atoms with Crippen molar-refractivity contribution < 1.29 is 14.3 Å². The molecular formula is C20H23NO3. The first-order valence-electron chi connectivity index (χ1n) is 8.20. The van der Waals surface area contributed by atoms with E-state index in [1.807, 2.05) is 50.2 Å². The van der Waals surface area contributed by atoms with E-state index in [0.29, 0.717) is 12.0 Å². The van der Waals surface area contributed by atoms with E-state index in [1.165, 1.54) is 0 Å². The van der Waals surface area contributed by atoms with Crippen LogP contribution >= 0.6 is 0 Å². The fraction of sp³-hybridized carbons (Fsp3) is 0.300. The summed E-state index contributed by atoms with van der Waals surface area (Å²) < 4.78 is 5.42.